The van der Waals surface area contributed by atoms with Crippen LogP contribution in [-0.4, -0.2) is 26.9 Å². The summed E-state index contributed by atoms with van der Waals surface area (Å²) in [5, 5.41) is 22.7. The average molecular weight is 268 g/mol. The third-order valence-corrected chi connectivity index (χ3v) is 3.09. The first-order valence-electron chi connectivity index (χ1n) is 5.31. The summed E-state index contributed by atoms with van der Waals surface area (Å²) in [5.74, 6) is -0.649. The zero-order chi connectivity index (χ0) is 13.3. The van der Waals surface area contributed by atoms with Gasteiger partial charge in [0.05, 0.1) is 23.5 Å². The van der Waals surface area contributed by atoms with Gasteiger partial charge in [-0.25, -0.2) is 4.39 Å². The molecule has 0 aliphatic carbocycles. The largest absolute Gasteiger partial charge is 0.491 e. The Morgan fingerprint density at radius 3 is 2.72 bits per heavy atom. The van der Waals surface area contributed by atoms with E-state index in [9.17, 15) is 4.39 Å². The molecule has 2 aromatic rings. The Bertz CT molecular complexity index is 574. The van der Waals surface area contributed by atoms with Crippen LogP contribution in [0, 0.1) is 12.7 Å². The Labute approximate surface area is 109 Å². The Balaban J connectivity index is 2.30. The van der Waals surface area contributed by atoms with Gasteiger partial charge in [-0.1, -0.05) is 23.7 Å². The third kappa shape index (κ3) is 2.55. The molecule has 2 rings (SSSR count). The molecule has 0 fully saturated rings. The van der Waals surface area contributed by atoms with E-state index in [1.165, 1.54) is 18.3 Å². The second-order valence-corrected chi connectivity index (χ2v) is 4.37. The maximum atomic E-state index is 13.3. The van der Waals surface area contributed by atoms with E-state index in [0.717, 1.165) is 5.69 Å². The topological polar surface area (TPSA) is 58.3 Å². The highest BCUT2D eigenvalue weighted by Gasteiger charge is 2.17. The minimum Gasteiger partial charge on any atom is -0.423 e. The normalized spacial score (nSPS) is 10.7. The van der Waals surface area contributed by atoms with E-state index >= 15 is 0 Å². The van der Waals surface area contributed by atoms with Crippen LogP contribution >= 0.6 is 11.6 Å². The van der Waals surface area contributed by atoms with Crippen LogP contribution in [0.1, 0.15) is 11.3 Å². The van der Waals surface area contributed by atoms with Gasteiger partial charge in [0.15, 0.2) is 0 Å². The van der Waals surface area contributed by atoms with Crippen molar-refractivity contribution in [2.24, 2.45) is 0 Å². The fraction of sp³-hybridized carbons (Fsp3) is 0.182. The molecular weight excluding hydrogens is 257 g/mol. The zero-order valence-electron chi connectivity index (χ0n) is 9.64. The molecule has 18 heavy (non-hydrogen) atoms. The SMILES string of the molecule is Cc1c(Cl)cnn1Cc1ccc(F)c(B(O)O)c1. The molecular formula is C11H11BClFN2O2. The van der Waals surface area contributed by atoms with Gasteiger partial charge < -0.3 is 10.0 Å². The molecule has 0 radical (unpaired) electrons. The lowest BCUT2D eigenvalue weighted by molar-refractivity contribution is 0.423. The molecule has 1 aromatic carbocycles. The summed E-state index contributed by atoms with van der Waals surface area (Å²) in [7, 11) is -1.83. The second-order valence-electron chi connectivity index (χ2n) is 3.97. The van der Waals surface area contributed by atoms with Gasteiger partial charge in [-0.15, -0.1) is 0 Å². The summed E-state index contributed by atoms with van der Waals surface area (Å²) in [4.78, 5) is 0. The number of nitrogens with zero attached hydrogens (tertiary/aromatic N) is 2. The number of aromatic nitrogens is 2. The molecule has 0 aliphatic rings. The van der Waals surface area contributed by atoms with E-state index in [2.05, 4.69) is 5.10 Å². The fourth-order valence-corrected chi connectivity index (χ4v) is 1.79. The number of benzene rings is 1. The fourth-order valence-electron chi connectivity index (χ4n) is 1.65. The molecule has 1 aromatic heterocycles. The molecule has 0 bridgehead atoms. The van der Waals surface area contributed by atoms with Crippen LogP contribution in [-0.2, 0) is 6.54 Å². The lowest BCUT2D eigenvalue weighted by Crippen LogP contribution is -2.33. The maximum Gasteiger partial charge on any atom is 0.491 e. The Kier molecular flexibility index (Phi) is 3.70. The lowest BCUT2D eigenvalue weighted by Gasteiger charge is -2.08. The Hall–Kier alpha value is -1.37. The average Bonchev–Trinajstić information content (AvgIpc) is 2.63. The van der Waals surface area contributed by atoms with Gasteiger partial charge in [-0.05, 0) is 18.6 Å². The maximum absolute atomic E-state index is 13.3. The quantitative estimate of drug-likeness (QED) is 0.806. The summed E-state index contributed by atoms with van der Waals surface area (Å²) in [6, 6.07) is 4.16. The summed E-state index contributed by atoms with van der Waals surface area (Å²) >= 11 is 5.88. The van der Waals surface area contributed by atoms with Gasteiger partial charge in [0, 0.05) is 5.46 Å². The van der Waals surface area contributed by atoms with Gasteiger partial charge in [-0.3, -0.25) is 4.68 Å². The van der Waals surface area contributed by atoms with E-state index in [1.54, 1.807) is 10.7 Å². The van der Waals surface area contributed by atoms with Crippen molar-refractivity contribution in [2.75, 3.05) is 0 Å². The van der Waals surface area contributed by atoms with Crippen LogP contribution in [0.3, 0.4) is 0 Å². The predicted octanol–water partition coefficient (Wildman–Crippen LogP) is 0.712. The van der Waals surface area contributed by atoms with Crippen LogP contribution in [0.2, 0.25) is 5.02 Å². The molecule has 0 saturated heterocycles. The first-order valence-corrected chi connectivity index (χ1v) is 5.69. The van der Waals surface area contributed by atoms with Crippen LogP contribution in [0.5, 0.6) is 0 Å². The molecule has 0 unspecified atom stereocenters. The summed E-state index contributed by atoms with van der Waals surface area (Å²) in [5.41, 5.74) is 1.36. The Morgan fingerprint density at radius 2 is 2.17 bits per heavy atom. The van der Waals surface area contributed by atoms with Crippen molar-refractivity contribution in [1.82, 2.24) is 9.78 Å². The van der Waals surface area contributed by atoms with Crippen molar-refractivity contribution in [1.29, 1.82) is 0 Å². The Morgan fingerprint density at radius 1 is 1.44 bits per heavy atom. The van der Waals surface area contributed by atoms with Crippen molar-refractivity contribution in [2.45, 2.75) is 13.5 Å². The van der Waals surface area contributed by atoms with Crippen LogP contribution < -0.4 is 5.46 Å². The van der Waals surface area contributed by atoms with Gasteiger partial charge >= 0.3 is 7.12 Å². The van der Waals surface area contributed by atoms with E-state index in [1.807, 2.05) is 6.92 Å². The van der Waals surface area contributed by atoms with Crippen molar-refractivity contribution >= 4 is 24.2 Å². The van der Waals surface area contributed by atoms with Crippen LogP contribution in [0.25, 0.3) is 0 Å². The highest BCUT2D eigenvalue weighted by atomic mass is 35.5. The van der Waals surface area contributed by atoms with E-state index < -0.39 is 12.9 Å². The molecule has 7 heteroatoms. The third-order valence-electron chi connectivity index (χ3n) is 2.71. The molecule has 4 nitrogen and oxygen atoms in total. The van der Waals surface area contributed by atoms with E-state index in [4.69, 9.17) is 21.6 Å². The molecule has 1 heterocycles. The molecule has 0 saturated carbocycles. The van der Waals surface area contributed by atoms with Crippen molar-refractivity contribution in [3.8, 4) is 0 Å². The molecule has 0 aliphatic heterocycles. The van der Waals surface area contributed by atoms with Crippen LogP contribution in [0.15, 0.2) is 24.4 Å². The summed E-state index contributed by atoms with van der Waals surface area (Å²) < 4.78 is 14.9. The molecule has 0 amide bonds. The van der Waals surface area contributed by atoms with E-state index in [-0.39, 0.29) is 5.46 Å². The monoisotopic (exact) mass is 268 g/mol. The second kappa shape index (κ2) is 5.10. The van der Waals surface area contributed by atoms with Gasteiger partial charge in [0.1, 0.15) is 5.82 Å². The van der Waals surface area contributed by atoms with Crippen LogP contribution in [0.4, 0.5) is 4.39 Å². The van der Waals surface area contributed by atoms with Gasteiger partial charge in [0.25, 0.3) is 0 Å². The lowest BCUT2D eigenvalue weighted by atomic mass is 9.79. The number of hydrogen-bond acceptors (Lipinski definition) is 3. The van der Waals surface area contributed by atoms with Crippen molar-refractivity contribution in [3.05, 3.63) is 46.5 Å². The highest BCUT2D eigenvalue weighted by molar-refractivity contribution is 6.58. The molecule has 0 spiro atoms. The molecule has 0 atom stereocenters. The summed E-state index contributed by atoms with van der Waals surface area (Å²) in [6.07, 6.45) is 1.53. The standard InChI is InChI=1S/C11H11BClFN2O2/c1-7-10(13)5-15-16(7)6-8-2-3-11(14)9(4-8)12(17)18/h2-5,17-18H,6H2,1H3. The van der Waals surface area contributed by atoms with Gasteiger partial charge in [-0.2, -0.15) is 5.10 Å². The summed E-state index contributed by atoms with van der Waals surface area (Å²) in [6.45, 7) is 2.21. The first kappa shape index (κ1) is 13.1. The van der Waals surface area contributed by atoms with Crippen molar-refractivity contribution in [3.63, 3.8) is 0 Å². The minimum atomic E-state index is -1.83. The highest BCUT2D eigenvalue weighted by Crippen LogP contribution is 2.14. The molecule has 94 valence electrons. The smallest absolute Gasteiger partial charge is 0.423 e. The van der Waals surface area contributed by atoms with Crippen molar-refractivity contribution < 1.29 is 14.4 Å². The predicted molar refractivity (Wildman–Crippen MR) is 67.3 cm³/mol. The van der Waals surface area contributed by atoms with E-state index in [0.29, 0.717) is 17.1 Å². The minimum absolute atomic E-state index is 0.150. The van der Waals surface area contributed by atoms with Gasteiger partial charge in [0.2, 0.25) is 0 Å². The number of hydrogen-bond donors (Lipinski definition) is 2. The first-order chi connectivity index (χ1) is 8.49. The molecule has 2 N–H and O–H groups in total. The number of halogens is 2. The zero-order valence-corrected chi connectivity index (χ0v) is 10.4. The number of rotatable bonds is 3.